The first-order chi connectivity index (χ1) is 6.37. The van der Waals surface area contributed by atoms with E-state index in [9.17, 15) is 0 Å². The van der Waals surface area contributed by atoms with Crippen LogP contribution in [-0.2, 0) is 4.74 Å². The molecule has 2 nitrogen and oxygen atoms in total. The van der Waals surface area contributed by atoms with Gasteiger partial charge in [-0.3, -0.25) is 0 Å². The smallest absolute Gasteiger partial charge is 0.0729 e. The van der Waals surface area contributed by atoms with Crippen LogP contribution in [0.25, 0.3) is 0 Å². The van der Waals surface area contributed by atoms with E-state index in [4.69, 9.17) is 4.74 Å². The molecule has 0 amide bonds. The zero-order valence-corrected chi connectivity index (χ0v) is 10.7. The molecule has 0 aliphatic carbocycles. The Morgan fingerprint density at radius 1 is 1.21 bits per heavy atom. The molecule has 0 bridgehead atoms. The van der Waals surface area contributed by atoms with Crippen LogP contribution in [-0.4, -0.2) is 24.8 Å². The number of nitrogens with one attached hydrogen (secondary N) is 1. The zero-order valence-electron chi connectivity index (χ0n) is 10.7. The summed E-state index contributed by atoms with van der Waals surface area (Å²) in [5.41, 5.74) is -0.0389. The summed E-state index contributed by atoms with van der Waals surface area (Å²) in [5, 5.41) is 3.41. The molecule has 0 saturated carbocycles. The highest BCUT2D eigenvalue weighted by Crippen LogP contribution is 2.15. The van der Waals surface area contributed by atoms with Crippen molar-refractivity contribution in [2.75, 3.05) is 13.1 Å². The zero-order chi connectivity index (χ0) is 11.2. The molecule has 0 aromatic rings. The third-order valence-electron chi connectivity index (χ3n) is 2.02. The molecule has 14 heavy (non-hydrogen) atoms. The summed E-state index contributed by atoms with van der Waals surface area (Å²) in [7, 11) is 0. The first kappa shape index (κ1) is 13.9. The molecule has 0 spiro atoms. The number of hydrogen-bond donors (Lipinski definition) is 1. The lowest BCUT2D eigenvalue weighted by molar-refractivity contribution is -0.0774. The van der Waals surface area contributed by atoms with Crippen molar-refractivity contribution in [3.8, 4) is 0 Å². The summed E-state index contributed by atoms with van der Waals surface area (Å²) in [6.07, 6.45) is 1.50. The van der Waals surface area contributed by atoms with Crippen molar-refractivity contribution >= 4 is 0 Å². The Kier molecular flexibility index (Phi) is 6.38. The lowest BCUT2D eigenvalue weighted by atomic mass is 10.1. The van der Waals surface area contributed by atoms with Gasteiger partial charge in [-0.15, -0.1) is 0 Å². The molecule has 1 atom stereocenters. The Bertz CT molecular complexity index is 138. The second kappa shape index (κ2) is 6.41. The van der Waals surface area contributed by atoms with Crippen LogP contribution in [0.4, 0.5) is 0 Å². The van der Waals surface area contributed by atoms with E-state index in [0.29, 0.717) is 12.0 Å². The summed E-state index contributed by atoms with van der Waals surface area (Å²) in [6, 6.07) is 0. The predicted octanol–water partition coefficient (Wildman–Crippen LogP) is 2.83. The third kappa shape index (κ3) is 7.34. The number of rotatable bonds is 6. The molecule has 0 heterocycles. The molecular weight excluding hydrogens is 174 g/mol. The van der Waals surface area contributed by atoms with Crippen LogP contribution in [0.1, 0.15) is 48.0 Å². The largest absolute Gasteiger partial charge is 0.371 e. The summed E-state index contributed by atoms with van der Waals surface area (Å²) in [5.74, 6) is 0.568. The lowest BCUT2D eigenvalue weighted by Gasteiger charge is -2.30. The predicted molar refractivity (Wildman–Crippen MR) is 62.6 cm³/mol. The van der Waals surface area contributed by atoms with Crippen LogP contribution in [0.3, 0.4) is 0 Å². The Hall–Kier alpha value is -0.0800. The third-order valence-corrected chi connectivity index (χ3v) is 2.02. The second-order valence-corrected chi connectivity index (χ2v) is 5.22. The summed E-state index contributed by atoms with van der Waals surface area (Å²) in [4.78, 5) is 0. The fourth-order valence-corrected chi connectivity index (χ4v) is 1.29. The van der Waals surface area contributed by atoms with Crippen LogP contribution in [0, 0.1) is 5.92 Å². The second-order valence-electron chi connectivity index (χ2n) is 5.22. The van der Waals surface area contributed by atoms with Gasteiger partial charge in [-0.1, -0.05) is 20.8 Å². The van der Waals surface area contributed by atoms with Gasteiger partial charge in [0.05, 0.1) is 11.7 Å². The minimum Gasteiger partial charge on any atom is -0.371 e. The van der Waals surface area contributed by atoms with E-state index in [0.717, 1.165) is 13.1 Å². The Balaban J connectivity index is 3.91. The minimum absolute atomic E-state index is 0.0389. The molecule has 0 radical (unpaired) electrons. The molecular formula is C12H27NO. The topological polar surface area (TPSA) is 21.3 Å². The van der Waals surface area contributed by atoms with Gasteiger partial charge >= 0.3 is 0 Å². The van der Waals surface area contributed by atoms with Crippen molar-refractivity contribution in [2.45, 2.75) is 59.7 Å². The molecule has 0 aromatic heterocycles. The van der Waals surface area contributed by atoms with Crippen molar-refractivity contribution in [3.05, 3.63) is 0 Å². The first-order valence-electron chi connectivity index (χ1n) is 5.75. The summed E-state index contributed by atoms with van der Waals surface area (Å²) < 4.78 is 5.98. The Morgan fingerprint density at radius 2 is 1.79 bits per heavy atom. The lowest BCUT2D eigenvalue weighted by Crippen LogP contribution is -2.38. The highest BCUT2D eigenvalue weighted by Gasteiger charge is 2.20. The highest BCUT2D eigenvalue weighted by molar-refractivity contribution is 4.71. The average Bonchev–Trinajstić information content (AvgIpc) is 2.00. The van der Waals surface area contributed by atoms with Gasteiger partial charge in [0.1, 0.15) is 0 Å². The molecule has 0 fully saturated rings. The van der Waals surface area contributed by atoms with Crippen LogP contribution in [0.2, 0.25) is 0 Å². The van der Waals surface area contributed by atoms with E-state index in [-0.39, 0.29) is 5.60 Å². The van der Waals surface area contributed by atoms with Crippen molar-refractivity contribution < 1.29 is 4.74 Å². The standard InChI is InChI=1S/C12H27NO/c1-7-8-13-9-11(10(2)3)14-12(4,5)6/h10-11,13H,7-9H2,1-6H3. The van der Waals surface area contributed by atoms with Gasteiger partial charge < -0.3 is 10.1 Å². The van der Waals surface area contributed by atoms with E-state index in [1.807, 2.05) is 0 Å². The van der Waals surface area contributed by atoms with E-state index in [1.54, 1.807) is 0 Å². The molecule has 2 heteroatoms. The molecule has 1 unspecified atom stereocenters. The molecule has 86 valence electrons. The van der Waals surface area contributed by atoms with E-state index < -0.39 is 0 Å². The minimum atomic E-state index is -0.0389. The maximum Gasteiger partial charge on any atom is 0.0729 e. The van der Waals surface area contributed by atoms with E-state index in [2.05, 4.69) is 46.9 Å². The SMILES string of the molecule is CCCNCC(OC(C)(C)C)C(C)C. The normalized spacial score (nSPS) is 14.8. The van der Waals surface area contributed by atoms with Gasteiger partial charge in [-0.05, 0) is 39.7 Å². The van der Waals surface area contributed by atoms with Crippen molar-refractivity contribution in [1.29, 1.82) is 0 Å². The summed E-state index contributed by atoms with van der Waals surface area (Å²) in [6.45, 7) is 15.0. The summed E-state index contributed by atoms with van der Waals surface area (Å²) >= 11 is 0. The van der Waals surface area contributed by atoms with Gasteiger partial charge in [0.15, 0.2) is 0 Å². The molecule has 0 aromatic carbocycles. The first-order valence-corrected chi connectivity index (χ1v) is 5.75. The van der Waals surface area contributed by atoms with Crippen LogP contribution in [0.15, 0.2) is 0 Å². The quantitative estimate of drug-likeness (QED) is 0.667. The fraction of sp³-hybridized carbons (Fsp3) is 1.00. The van der Waals surface area contributed by atoms with E-state index >= 15 is 0 Å². The molecule has 0 saturated heterocycles. The maximum absolute atomic E-state index is 5.98. The van der Waals surface area contributed by atoms with Gasteiger partial charge in [0, 0.05) is 6.54 Å². The Morgan fingerprint density at radius 3 is 2.14 bits per heavy atom. The van der Waals surface area contributed by atoms with E-state index in [1.165, 1.54) is 6.42 Å². The highest BCUT2D eigenvalue weighted by atomic mass is 16.5. The monoisotopic (exact) mass is 201 g/mol. The number of ether oxygens (including phenoxy) is 1. The van der Waals surface area contributed by atoms with Gasteiger partial charge in [0.2, 0.25) is 0 Å². The molecule has 0 rings (SSSR count). The number of hydrogen-bond acceptors (Lipinski definition) is 2. The van der Waals surface area contributed by atoms with Crippen LogP contribution < -0.4 is 5.32 Å². The van der Waals surface area contributed by atoms with Gasteiger partial charge in [-0.25, -0.2) is 0 Å². The van der Waals surface area contributed by atoms with Crippen molar-refractivity contribution in [2.24, 2.45) is 5.92 Å². The van der Waals surface area contributed by atoms with Gasteiger partial charge in [-0.2, -0.15) is 0 Å². The van der Waals surface area contributed by atoms with Crippen molar-refractivity contribution in [1.82, 2.24) is 5.32 Å². The Labute approximate surface area is 89.4 Å². The molecule has 1 N–H and O–H groups in total. The van der Waals surface area contributed by atoms with Crippen molar-refractivity contribution in [3.63, 3.8) is 0 Å². The van der Waals surface area contributed by atoms with Crippen LogP contribution >= 0.6 is 0 Å². The van der Waals surface area contributed by atoms with Crippen LogP contribution in [0.5, 0.6) is 0 Å². The van der Waals surface area contributed by atoms with Gasteiger partial charge in [0.25, 0.3) is 0 Å². The maximum atomic E-state index is 5.98. The molecule has 0 aliphatic heterocycles. The molecule has 0 aliphatic rings. The fourth-order valence-electron chi connectivity index (χ4n) is 1.29. The average molecular weight is 201 g/mol.